The second kappa shape index (κ2) is 8.53. The van der Waals surface area contributed by atoms with Crippen molar-refractivity contribution < 1.29 is 17.6 Å². The molecule has 0 spiro atoms. The van der Waals surface area contributed by atoms with E-state index in [4.69, 9.17) is 0 Å². The highest BCUT2D eigenvalue weighted by Gasteiger charge is 2.35. The van der Waals surface area contributed by atoms with Gasteiger partial charge >= 0.3 is 0 Å². The van der Waals surface area contributed by atoms with Crippen molar-refractivity contribution in [2.24, 2.45) is 17.8 Å². The minimum absolute atomic E-state index is 0.643. The second-order valence-corrected chi connectivity index (χ2v) is 6.17. The largest absolute Gasteiger partial charge is 0.243 e. The molecule has 21 heavy (non-hydrogen) atoms. The Morgan fingerprint density at radius 3 is 2.29 bits per heavy atom. The average Bonchev–Trinajstić information content (AvgIpc) is 3.06. The van der Waals surface area contributed by atoms with Crippen molar-refractivity contribution in [1.82, 2.24) is 0 Å². The maximum Gasteiger partial charge on any atom is 0.162 e. The van der Waals surface area contributed by atoms with Crippen molar-refractivity contribution in [2.45, 2.75) is 26.2 Å². The lowest BCUT2D eigenvalue weighted by Crippen LogP contribution is -2.07. The molecule has 1 fully saturated rings. The number of alkyl halides is 1. The molecule has 5 heteroatoms. The Labute approximate surface area is 125 Å². The molecule has 0 heterocycles. The average molecular weight is 320 g/mol. The van der Waals surface area contributed by atoms with E-state index < -0.39 is 18.3 Å². The van der Waals surface area contributed by atoms with Crippen LogP contribution in [-0.4, -0.2) is 6.67 Å². The van der Waals surface area contributed by atoms with Crippen molar-refractivity contribution in [3.63, 3.8) is 0 Å². The maximum atomic E-state index is 12.5. The van der Waals surface area contributed by atoms with Crippen LogP contribution in [0.15, 0.2) is 47.6 Å². The van der Waals surface area contributed by atoms with Crippen LogP contribution < -0.4 is 0 Å². The number of hydrogen-bond donors (Lipinski definition) is 0. The van der Waals surface area contributed by atoms with Crippen molar-refractivity contribution >= 4 is 9.24 Å². The fourth-order valence-corrected chi connectivity index (χ4v) is 2.93. The zero-order chi connectivity index (χ0) is 16.0. The van der Waals surface area contributed by atoms with E-state index in [1.165, 1.54) is 12.8 Å². The SMILES string of the molecule is C/C(F)=C(/F)CF.C=C(P)/C(=C/F)CC1CC2C=CC1C2. The summed E-state index contributed by atoms with van der Waals surface area (Å²) in [5.74, 6) is -0.297. The molecule has 0 N–H and O–H groups in total. The first-order valence-corrected chi connectivity index (χ1v) is 7.45. The molecule has 2 aliphatic carbocycles. The minimum atomic E-state index is -1.34. The van der Waals surface area contributed by atoms with E-state index in [1.807, 2.05) is 0 Å². The first-order chi connectivity index (χ1) is 9.88. The highest BCUT2D eigenvalue weighted by molar-refractivity contribution is 7.23. The van der Waals surface area contributed by atoms with Gasteiger partial charge in [-0.1, -0.05) is 18.7 Å². The van der Waals surface area contributed by atoms with Gasteiger partial charge < -0.3 is 0 Å². The molecular formula is C16H21F4P. The highest BCUT2D eigenvalue weighted by Crippen LogP contribution is 2.46. The molecule has 2 rings (SSSR count). The lowest BCUT2D eigenvalue weighted by atomic mass is 9.88. The number of fused-ring (bicyclic) bond motifs is 2. The molecule has 0 aromatic rings. The monoisotopic (exact) mass is 320 g/mol. The van der Waals surface area contributed by atoms with Gasteiger partial charge in [0, 0.05) is 0 Å². The molecule has 0 aromatic heterocycles. The highest BCUT2D eigenvalue weighted by atomic mass is 31.0. The predicted molar refractivity (Wildman–Crippen MR) is 82.4 cm³/mol. The first-order valence-electron chi connectivity index (χ1n) is 6.88. The van der Waals surface area contributed by atoms with Gasteiger partial charge in [-0.25, -0.2) is 17.6 Å². The van der Waals surface area contributed by atoms with Crippen LogP contribution in [0.5, 0.6) is 0 Å². The van der Waals surface area contributed by atoms with Crippen molar-refractivity contribution in [2.75, 3.05) is 6.67 Å². The van der Waals surface area contributed by atoms with E-state index in [-0.39, 0.29) is 0 Å². The Bertz CT molecular complexity index is 461. The summed E-state index contributed by atoms with van der Waals surface area (Å²) in [4.78, 5) is 0. The first kappa shape index (κ1) is 18.2. The van der Waals surface area contributed by atoms with E-state index in [9.17, 15) is 17.6 Å². The molecule has 0 aliphatic heterocycles. The third-order valence-corrected chi connectivity index (χ3v) is 4.30. The number of rotatable bonds is 4. The molecule has 0 radical (unpaired) electrons. The Balaban J connectivity index is 0.000000270. The third-order valence-electron chi connectivity index (χ3n) is 3.93. The van der Waals surface area contributed by atoms with Gasteiger partial charge in [-0.15, -0.1) is 9.24 Å². The summed E-state index contributed by atoms with van der Waals surface area (Å²) in [5.41, 5.74) is 0.765. The molecular weight excluding hydrogens is 299 g/mol. The van der Waals surface area contributed by atoms with E-state index in [0.29, 0.717) is 18.2 Å². The predicted octanol–water partition coefficient (Wildman–Crippen LogP) is 5.96. The van der Waals surface area contributed by atoms with Gasteiger partial charge in [0.05, 0.1) is 6.33 Å². The lowest BCUT2D eigenvalue weighted by Gasteiger charge is -2.19. The van der Waals surface area contributed by atoms with E-state index >= 15 is 0 Å². The smallest absolute Gasteiger partial charge is 0.162 e. The fraction of sp³-hybridized carbons (Fsp3) is 0.500. The van der Waals surface area contributed by atoms with Gasteiger partial charge in [0.2, 0.25) is 0 Å². The van der Waals surface area contributed by atoms with Crippen LogP contribution in [-0.2, 0) is 0 Å². The molecule has 0 aromatic carbocycles. The topological polar surface area (TPSA) is 0 Å². The molecule has 2 aliphatic rings. The third kappa shape index (κ3) is 5.43. The Kier molecular flexibility index (Phi) is 7.37. The van der Waals surface area contributed by atoms with Crippen LogP contribution in [0, 0.1) is 17.8 Å². The van der Waals surface area contributed by atoms with E-state index in [0.717, 1.165) is 30.1 Å². The van der Waals surface area contributed by atoms with Crippen molar-refractivity contribution in [1.29, 1.82) is 0 Å². The Hall–Kier alpha value is -0.890. The summed E-state index contributed by atoms with van der Waals surface area (Å²) in [6.45, 7) is 3.29. The van der Waals surface area contributed by atoms with Gasteiger partial charge in [-0.2, -0.15) is 0 Å². The Morgan fingerprint density at radius 2 is 2.00 bits per heavy atom. The standard InChI is InChI=1S/C12H16FP.C4H5F3/c1-8(14)12(7-13)6-11-5-9-2-3-10(11)4-9;1-3(6)4(7)2-5/h2-3,7,9-11H,1,4-6,14H2;2H2,1H3/b12-7+;4-3-. The second-order valence-electron chi connectivity index (χ2n) is 5.48. The minimum Gasteiger partial charge on any atom is -0.243 e. The molecule has 2 bridgehead atoms. The van der Waals surface area contributed by atoms with Crippen LogP contribution in [0.4, 0.5) is 17.6 Å². The summed E-state index contributed by atoms with van der Waals surface area (Å²) >= 11 is 0. The van der Waals surface area contributed by atoms with Gasteiger partial charge in [0.1, 0.15) is 12.5 Å². The Morgan fingerprint density at radius 1 is 1.33 bits per heavy atom. The summed E-state index contributed by atoms with van der Waals surface area (Å²) in [6, 6.07) is 0. The van der Waals surface area contributed by atoms with Crippen molar-refractivity contribution in [3.05, 3.63) is 47.6 Å². The summed E-state index contributed by atoms with van der Waals surface area (Å²) in [7, 11) is 2.49. The van der Waals surface area contributed by atoms with Crippen molar-refractivity contribution in [3.8, 4) is 0 Å². The van der Waals surface area contributed by atoms with Gasteiger partial charge in [0.15, 0.2) is 5.83 Å². The zero-order valence-corrected chi connectivity index (χ0v) is 13.2. The van der Waals surface area contributed by atoms with Crippen LogP contribution >= 0.6 is 9.24 Å². The summed E-state index contributed by atoms with van der Waals surface area (Å²) in [6.07, 6.45) is 8.70. The molecule has 118 valence electrons. The molecule has 1 saturated carbocycles. The number of halogens is 4. The number of allylic oxidation sites excluding steroid dienone is 6. The molecule has 4 atom stereocenters. The lowest BCUT2D eigenvalue weighted by molar-refractivity contribution is 0.429. The zero-order valence-electron chi connectivity index (χ0n) is 12.1. The quantitative estimate of drug-likeness (QED) is 0.259. The van der Waals surface area contributed by atoms with Crippen LogP contribution in [0.3, 0.4) is 0 Å². The molecule has 4 unspecified atom stereocenters. The van der Waals surface area contributed by atoms with E-state index in [1.54, 1.807) is 0 Å². The normalized spacial score (nSPS) is 28.1. The molecule has 0 amide bonds. The van der Waals surface area contributed by atoms with E-state index in [2.05, 4.69) is 28.0 Å². The van der Waals surface area contributed by atoms with Gasteiger partial charge in [0.25, 0.3) is 0 Å². The van der Waals surface area contributed by atoms with Gasteiger partial charge in [-0.05, 0) is 54.8 Å². The summed E-state index contributed by atoms with van der Waals surface area (Å²) in [5, 5.41) is 0.791. The molecule has 0 saturated heterocycles. The fourth-order valence-electron chi connectivity index (χ4n) is 2.75. The van der Waals surface area contributed by atoms with Gasteiger partial charge in [-0.3, -0.25) is 0 Å². The number of hydrogen-bond acceptors (Lipinski definition) is 0. The van der Waals surface area contributed by atoms with Crippen LogP contribution in [0.2, 0.25) is 0 Å². The van der Waals surface area contributed by atoms with Crippen LogP contribution in [0.1, 0.15) is 26.2 Å². The maximum absolute atomic E-state index is 12.5. The summed E-state index contributed by atoms with van der Waals surface area (Å²) < 4.78 is 46.3. The van der Waals surface area contributed by atoms with Crippen LogP contribution in [0.25, 0.3) is 0 Å². The molecule has 0 nitrogen and oxygen atoms in total.